The van der Waals surface area contributed by atoms with Gasteiger partial charge in [-0.2, -0.15) is 0 Å². The Labute approximate surface area is 86.5 Å². The van der Waals surface area contributed by atoms with Gasteiger partial charge in [0.1, 0.15) is 5.69 Å². The molecular formula is C10H10N2O3. The van der Waals surface area contributed by atoms with E-state index in [1.165, 1.54) is 0 Å². The first-order chi connectivity index (χ1) is 7.20. The number of amides is 1. The molecule has 1 amide bonds. The molecule has 1 aromatic heterocycles. The number of carbonyl (C=O) groups excluding carboxylic acids is 2. The van der Waals surface area contributed by atoms with E-state index in [1.807, 2.05) is 0 Å². The van der Waals surface area contributed by atoms with Gasteiger partial charge in [0.25, 0.3) is 0 Å². The van der Waals surface area contributed by atoms with Gasteiger partial charge >= 0.3 is 5.97 Å². The van der Waals surface area contributed by atoms with Crippen LogP contribution in [0.15, 0.2) is 12.1 Å². The van der Waals surface area contributed by atoms with E-state index in [0.29, 0.717) is 18.0 Å². The maximum atomic E-state index is 11.3. The molecule has 5 nitrogen and oxygen atoms in total. The average Bonchev–Trinajstić information content (AvgIpc) is 2.57. The molecule has 15 heavy (non-hydrogen) atoms. The smallest absolute Gasteiger partial charge is 0.356 e. The molecule has 0 saturated heterocycles. The lowest BCUT2D eigenvalue weighted by Gasteiger charge is -2.02. The van der Waals surface area contributed by atoms with Crippen LogP contribution in [-0.4, -0.2) is 23.5 Å². The van der Waals surface area contributed by atoms with E-state index < -0.39 is 5.97 Å². The van der Waals surface area contributed by atoms with Gasteiger partial charge in [0, 0.05) is 0 Å². The summed E-state index contributed by atoms with van der Waals surface area (Å²) in [7, 11) is 0. The predicted octanol–water partition coefficient (Wildman–Crippen LogP) is 0.753. The van der Waals surface area contributed by atoms with Crippen LogP contribution in [0.1, 0.15) is 23.1 Å². The van der Waals surface area contributed by atoms with Crippen LogP contribution >= 0.6 is 0 Å². The van der Waals surface area contributed by atoms with Gasteiger partial charge in [-0.1, -0.05) is 0 Å². The zero-order chi connectivity index (χ0) is 10.8. The second kappa shape index (κ2) is 3.68. The van der Waals surface area contributed by atoms with Crippen LogP contribution in [-0.2, 0) is 16.0 Å². The van der Waals surface area contributed by atoms with Crippen LogP contribution in [0, 0.1) is 0 Å². The number of nitrogens with one attached hydrogen (secondary N) is 1. The largest absolute Gasteiger partial charge is 0.461 e. The van der Waals surface area contributed by atoms with Crippen molar-refractivity contribution >= 4 is 17.6 Å². The lowest BCUT2D eigenvalue weighted by molar-refractivity contribution is -0.115. The Morgan fingerprint density at radius 1 is 1.60 bits per heavy atom. The molecule has 0 aromatic carbocycles. The molecule has 0 bridgehead atoms. The Morgan fingerprint density at radius 3 is 3.13 bits per heavy atom. The van der Waals surface area contributed by atoms with Gasteiger partial charge in [-0.05, 0) is 19.1 Å². The SMILES string of the molecule is CCOC(=O)c1ccc2c(n1)CC(=O)N2. The Kier molecular flexibility index (Phi) is 2.37. The van der Waals surface area contributed by atoms with Crippen LogP contribution in [0.3, 0.4) is 0 Å². The maximum Gasteiger partial charge on any atom is 0.356 e. The molecule has 0 atom stereocenters. The van der Waals surface area contributed by atoms with Gasteiger partial charge < -0.3 is 10.1 Å². The maximum absolute atomic E-state index is 11.3. The molecule has 0 radical (unpaired) electrons. The summed E-state index contributed by atoms with van der Waals surface area (Å²) in [6.45, 7) is 2.05. The number of hydrogen-bond donors (Lipinski definition) is 1. The Balaban J connectivity index is 2.27. The number of rotatable bonds is 2. The van der Waals surface area contributed by atoms with E-state index in [-0.39, 0.29) is 18.0 Å². The summed E-state index contributed by atoms with van der Waals surface area (Å²) in [5, 5.41) is 2.64. The van der Waals surface area contributed by atoms with E-state index in [4.69, 9.17) is 4.74 Å². The van der Waals surface area contributed by atoms with Crippen LogP contribution < -0.4 is 5.32 Å². The Morgan fingerprint density at radius 2 is 2.40 bits per heavy atom. The number of carbonyl (C=O) groups is 2. The topological polar surface area (TPSA) is 68.3 Å². The van der Waals surface area contributed by atoms with Gasteiger partial charge in [0.2, 0.25) is 5.91 Å². The van der Waals surface area contributed by atoms with E-state index in [9.17, 15) is 9.59 Å². The molecule has 5 heteroatoms. The minimum absolute atomic E-state index is 0.0986. The fourth-order valence-corrected chi connectivity index (χ4v) is 1.42. The third kappa shape index (κ3) is 1.81. The Hall–Kier alpha value is -1.91. The van der Waals surface area contributed by atoms with Crippen molar-refractivity contribution in [2.24, 2.45) is 0 Å². The fraction of sp³-hybridized carbons (Fsp3) is 0.300. The van der Waals surface area contributed by atoms with E-state index in [2.05, 4.69) is 10.3 Å². The monoisotopic (exact) mass is 206 g/mol. The molecule has 2 rings (SSSR count). The second-order valence-electron chi connectivity index (χ2n) is 3.14. The number of hydrogen-bond acceptors (Lipinski definition) is 4. The number of nitrogens with zero attached hydrogens (tertiary/aromatic N) is 1. The molecule has 0 spiro atoms. The quantitative estimate of drug-likeness (QED) is 0.725. The third-order valence-corrected chi connectivity index (χ3v) is 2.06. The third-order valence-electron chi connectivity index (χ3n) is 2.06. The standard InChI is InChI=1S/C10H10N2O3/c1-2-15-10(14)7-4-3-6-8(11-7)5-9(13)12-6/h3-4H,2,5H2,1H3,(H,12,13). The second-order valence-corrected chi connectivity index (χ2v) is 3.14. The van der Waals surface area contributed by atoms with Crippen LogP contribution in [0.5, 0.6) is 0 Å². The summed E-state index contributed by atoms with van der Waals surface area (Å²) in [5.74, 6) is -0.557. The Bertz CT molecular complexity index is 429. The number of esters is 1. The van der Waals surface area contributed by atoms with Crippen molar-refractivity contribution < 1.29 is 14.3 Å². The summed E-state index contributed by atoms with van der Waals surface area (Å²) >= 11 is 0. The van der Waals surface area contributed by atoms with Crippen molar-refractivity contribution in [2.75, 3.05) is 11.9 Å². The van der Waals surface area contributed by atoms with E-state index in [1.54, 1.807) is 19.1 Å². The number of aromatic nitrogens is 1. The van der Waals surface area contributed by atoms with Gasteiger partial charge in [-0.25, -0.2) is 9.78 Å². The zero-order valence-electron chi connectivity index (χ0n) is 8.24. The van der Waals surface area contributed by atoms with Crippen molar-refractivity contribution in [1.82, 2.24) is 4.98 Å². The lowest BCUT2D eigenvalue weighted by atomic mass is 10.2. The van der Waals surface area contributed by atoms with E-state index in [0.717, 1.165) is 0 Å². The first kappa shape index (κ1) is 9.64. The van der Waals surface area contributed by atoms with Gasteiger partial charge in [0.05, 0.1) is 24.4 Å². The van der Waals surface area contributed by atoms with Gasteiger partial charge in [0.15, 0.2) is 0 Å². The molecule has 1 aliphatic rings. The van der Waals surface area contributed by atoms with Crippen LogP contribution in [0.4, 0.5) is 5.69 Å². The highest BCUT2D eigenvalue weighted by molar-refractivity contribution is 5.99. The highest BCUT2D eigenvalue weighted by Crippen LogP contribution is 2.20. The highest BCUT2D eigenvalue weighted by atomic mass is 16.5. The van der Waals surface area contributed by atoms with Crippen LogP contribution in [0.2, 0.25) is 0 Å². The molecule has 78 valence electrons. The van der Waals surface area contributed by atoms with Crippen molar-refractivity contribution in [3.8, 4) is 0 Å². The normalized spacial score (nSPS) is 13.3. The average molecular weight is 206 g/mol. The molecule has 2 heterocycles. The minimum Gasteiger partial charge on any atom is -0.461 e. The molecule has 1 aromatic rings. The number of pyridine rings is 1. The van der Waals surface area contributed by atoms with Crippen molar-refractivity contribution in [3.63, 3.8) is 0 Å². The van der Waals surface area contributed by atoms with E-state index >= 15 is 0 Å². The van der Waals surface area contributed by atoms with Crippen molar-refractivity contribution in [1.29, 1.82) is 0 Å². The minimum atomic E-state index is -0.459. The molecule has 0 unspecified atom stereocenters. The molecule has 1 N–H and O–H groups in total. The molecule has 1 aliphatic heterocycles. The van der Waals surface area contributed by atoms with Crippen LogP contribution in [0.25, 0.3) is 0 Å². The first-order valence-electron chi connectivity index (χ1n) is 4.67. The number of anilines is 1. The number of fused-ring (bicyclic) bond motifs is 1. The van der Waals surface area contributed by atoms with Gasteiger partial charge in [-0.3, -0.25) is 4.79 Å². The predicted molar refractivity (Wildman–Crippen MR) is 52.5 cm³/mol. The fourth-order valence-electron chi connectivity index (χ4n) is 1.42. The first-order valence-corrected chi connectivity index (χ1v) is 4.67. The summed E-state index contributed by atoms with van der Waals surface area (Å²) in [6, 6.07) is 3.21. The number of ether oxygens (including phenoxy) is 1. The summed E-state index contributed by atoms with van der Waals surface area (Å²) in [4.78, 5) is 26.4. The zero-order valence-corrected chi connectivity index (χ0v) is 8.24. The lowest BCUT2D eigenvalue weighted by Crippen LogP contribution is -2.07. The molecule has 0 fully saturated rings. The molecular weight excluding hydrogens is 196 g/mol. The molecule has 0 saturated carbocycles. The van der Waals surface area contributed by atoms with Gasteiger partial charge in [-0.15, -0.1) is 0 Å². The summed E-state index contributed by atoms with van der Waals surface area (Å²) in [5.41, 5.74) is 1.52. The van der Waals surface area contributed by atoms with Crippen molar-refractivity contribution in [2.45, 2.75) is 13.3 Å². The molecule has 0 aliphatic carbocycles. The highest BCUT2D eigenvalue weighted by Gasteiger charge is 2.20. The summed E-state index contributed by atoms with van der Waals surface area (Å²) < 4.78 is 4.81. The van der Waals surface area contributed by atoms with Crippen molar-refractivity contribution in [3.05, 3.63) is 23.5 Å². The summed E-state index contributed by atoms with van der Waals surface area (Å²) in [6.07, 6.45) is 0.225.